The van der Waals surface area contributed by atoms with Crippen LogP contribution in [0.3, 0.4) is 0 Å². The molecule has 3 atom stereocenters. The van der Waals surface area contributed by atoms with Gasteiger partial charge in [-0.25, -0.2) is 8.78 Å². The molecule has 2 aliphatic rings. The Labute approximate surface area is 106 Å². The van der Waals surface area contributed by atoms with Crippen LogP contribution in [-0.4, -0.2) is 30.6 Å². The summed E-state index contributed by atoms with van der Waals surface area (Å²) in [5.41, 5.74) is 0.553. The average molecular weight is 252 g/mol. The number of benzene rings is 1. The van der Waals surface area contributed by atoms with Gasteiger partial charge in [0.25, 0.3) is 0 Å². The molecule has 0 radical (unpaired) electrons. The minimum atomic E-state index is -0.514. The molecular weight excluding hydrogens is 234 g/mol. The molecule has 0 spiro atoms. The lowest BCUT2D eigenvalue weighted by molar-refractivity contribution is 0.220. The Bertz CT molecular complexity index is 436. The largest absolute Gasteiger partial charge is 0.309 e. The Kier molecular flexibility index (Phi) is 3.31. The molecule has 0 aromatic heterocycles. The number of hydrogen-bond acceptors (Lipinski definition) is 2. The molecule has 18 heavy (non-hydrogen) atoms. The highest BCUT2D eigenvalue weighted by Crippen LogP contribution is 2.27. The first-order valence-corrected chi connectivity index (χ1v) is 6.62. The summed E-state index contributed by atoms with van der Waals surface area (Å²) in [7, 11) is 0. The Hall–Kier alpha value is -1.00. The van der Waals surface area contributed by atoms with Gasteiger partial charge in [0.05, 0.1) is 0 Å². The maximum absolute atomic E-state index is 13.5. The third kappa shape index (κ3) is 2.40. The Morgan fingerprint density at radius 3 is 2.89 bits per heavy atom. The van der Waals surface area contributed by atoms with E-state index in [2.05, 4.69) is 10.2 Å². The van der Waals surface area contributed by atoms with Crippen molar-refractivity contribution < 1.29 is 8.78 Å². The number of piperidine rings is 1. The summed E-state index contributed by atoms with van der Waals surface area (Å²) >= 11 is 0. The zero-order chi connectivity index (χ0) is 12.5. The number of fused-ring (bicyclic) bond motifs is 2. The van der Waals surface area contributed by atoms with Gasteiger partial charge < -0.3 is 10.2 Å². The summed E-state index contributed by atoms with van der Waals surface area (Å²) in [5, 5.41) is 3.44. The van der Waals surface area contributed by atoms with E-state index in [1.54, 1.807) is 0 Å². The molecule has 1 N–H and O–H groups in total. The molecule has 2 bridgehead atoms. The SMILES string of the molecule is Fc1ccc(CNC2CCN3CCC2C3)c(F)c1. The Balaban J connectivity index is 1.60. The summed E-state index contributed by atoms with van der Waals surface area (Å²) in [6.45, 7) is 4.00. The van der Waals surface area contributed by atoms with E-state index < -0.39 is 11.6 Å². The molecule has 4 heteroatoms. The van der Waals surface area contributed by atoms with E-state index in [9.17, 15) is 8.78 Å². The second-order valence-electron chi connectivity index (χ2n) is 5.36. The first kappa shape index (κ1) is 12.1. The van der Waals surface area contributed by atoms with Crippen molar-refractivity contribution in [2.45, 2.75) is 25.4 Å². The molecule has 1 aromatic rings. The van der Waals surface area contributed by atoms with Crippen LogP contribution < -0.4 is 5.32 Å². The van der Waals surface area contributed by atoms with Crippen molar-refractivity contribution in [3.63, 3.8) is 0 Å². The zero-order valence-electron chi connectivity index (χ0n) is 10.3. The van der Waals surface area contributed by atoms with E-state index in [4.69, 9.17) is 0 Å². The van der Waals surface area contributed by atoms with Gasteiger partial charge in [0.15, 0.2) is 0 Å². The van der Waals surface area contributed by atoms with Gasteiger partial charge >= 0.3 is 0 Å². The third-order valence-corrected chi connectivity index (χ3v) is 4.20. The number of nitrogens with one attached hydrogen (secondary N) is 1. The second-order valence-corrected chi connectivity index (χ2v) is 5.36. The van der Waals surface area contributed by atoms with Crippen LogP contribution in [0.1, 0.15) is 18.4 Å². The van der Waals surface area contributed by atoms with Crippen LogP contribution in [0.4, 0.5) is 8.78 Å². The molecule has 98 valence electrons. The minimum Gasteiger partial charge on any atom is -0.309 e. The van der Waals surface area contributed by atoms with Crippen LogP contribution in [0.25, 0.3) is 0 Å². The molecule has 0 amide bonds. The van der Waals surface area contributed by atoms with Crippen molar-refractivity contribution in [3.8, 4) is 0 Å². The fraction of sp³-hybridized carbons (Fsp3) is 0.571. The van der Waals surface area contributed by atoms with Gasteiger partial charge in [0.2, 0.25) is 0 Å². The third-order valence-electron chi connectivity index (χ3n) is 4.20. The molecule has 1 aromatic carbocycles. The van der Waals surface area contributed by atoms with Crippen molar-refractivity contribution in [2.75, 3.05) is 19.6 Å². The lowest BCUT2D eigenvalue weighted by atomic mass is 9.94. The van der Waals surface area contributed by atoms with Crippen molar-refractivity contribution in [1.82, 2.24) is 10.2 Å². The molecule has 2 saturated heterocycles. The number of halogens is 2. The van der Waals surface area contributed by atoms with Crippen molar-refractivity contribution in [1.29, 1.82) is 0 Å². The van der Waals surface area contributed by atoms with Gasteiger partial charge in [-0.05, 0) is 37.9 Å². The minimum absolute atomic E-state index is 0.452. The Morgan fingerprint density at radius 2 is 2.06 bits per heavy atom. The van der Waals surface area contributed by atoms with Crippen molar-refractivity contribution >= 4 is 0 Å². The van der Waals surface area contributed by atoms with Crippen molar-refractivity contribution in [2.24, 2.45) is 5.92 Å². The van der Waals surface area contributed by atoms with Crippen molar-refractivity contribution in [3.05, 3.63) is 35.4 Å². The second kappa shape index (κ2) is 4.94. The molecule has 2 heterocycles. The fourth-order valence-electron chi connectivity index (χ4n) is 3.13. The topological polar surface area (TPSA) is 15.3 Å². The van der Waals surface area contributed by atoms with Gasteiger partial charge in [0.1, 0.15) is 11.6 Å². The first-order chi connectivity index (χ1) is 8.72. The Morgan fingerprint density at radius 1 is 1.22 bits per heavy atom. The monoisotopic (exact) mass is 252 g/mol. The van der Waals surface area contributed by atoms with Crippen LogP contribution in [0.15, 0.2) is 18.2 Å². The molecule has 3 rings (SSSR count). The van der Waals surface area contributed by atoms with Crippen LogP contribution in [0.2, 0.25) is 0 Å². The highest BCUT2D eigenvalue weighted by atomic mass is 19.1. The van der Waals surface area contributed by atoms with E-state index in [-0.39, 0.29) is 0 Å². The predicted octanol–water partition coefficient (Wildman–Crippen LogP) is 2.15. The van der Waals surface area contributed by atoms with Gasteiger partial charge in [-0.3, -0.25) is 0 Å². The molecule has 2 aliphatic heterocycles. The van der Waals surface area contributed by atoms with Crippen LogP contribution >= 0.6 is 0 Å². The highest BCUT2D eigenvalue weighted by Gasteiger charge is 2.33. The molecule has 0 aliphatic carbocycles. The van der Waals surface area contributed by atoms with E-state index in [1.165, 1.54) is 31.6 Å². The summed E-state index contributed by atoms with van der Waals surface area (Å²) in [6.07, 6.45) is 2.37. The molecule has 0 saturated carbocycles. The quantitative estimate of drug-likeness (QED) is 0.886. The van der Waals surface area contributed by atoms with Gasteiger partial charge in [-0.2, -0.15) is 0 Å². The molecule has 3 unspecified atom stereocenters. The molecule has 2 nitrogen and oxygen atoms in total. The normalized spacial score (nSPS) is 30.7. The van der Waals surface area contributed by atoms with Gasteiger partial charge in [-0.15, -0.1) is 0 Å². The van der Waals surface area contributed by atoms with Gasteiger partial charge in [0, 0.05) is 30.8 Å². The van der Waals surface area contributed by atoms with E-state index in [0.717, 1.165) is 19.0 Å². The standard InChI is InChI=1S/C14H18F2N2/c15-12-2-1-10(13(16)7-12)8-17-14-4-6-18-5-3-11(14)9-18/h1-2,7,11,14,17H,3-6,8-9H2. The van der Waals surface area contributed by atoms with Crippen LogP contribution in [0.5, 0.6) is 0 Å². The van der Waals surface area contributed by atoms with Crippen LogP contribution in [-0.2, 0) is 6.54 Å². The lowest BCUT2D eigenvalue weighted by Gasteiger charge is -2.31. The maximum Gasteiger partial charge on any atom is 0.130 e. The lowest BCUT2D eigenvalue weighted by Crippen LogP contribution is -2.43. The van der Waals surface area contributed by atoms with Crippen LogP contribution in [0, 0.1) is 17.6 Å². The summed E-state index contributed by atoms with van der Waals surface area (Å²) in [4.78, 5) is 2.49. The maximum atomic E-state index is 13.5. The van der Waals surface area contributed by atoms with E-state index in [1.807, 2.05) is 0 Å². The number of rotatable bonds is 3. The smallest absolute Gasteiger partial charge is 0.130 e. The summed E-state index contributed by atoms with van der Waals surface area (Å²) < 4.78 is 26.3. The predicted molar refractivity (Wildman–Crippen MR) is 66.1 cm³/mol. The zero-order valence-corrected chi connectivity index (χ0v) is 10.3. The number of hydrogen-bond donors (Lipinski definition) is 1. The molecule has 2 fully saturated rings. The summed E-state index contributed by atoms with van der Waals surface area (Å²) in [5.74, 6) is -0.269. The van der Waals surface area contributed by atoms with Gasteiger partial charge in [-0.1, -0.05) is 6.07 Å². The fourth-order valence-corrected chi connectivity index (χ4v) is 3.13. The first-order valence-electron chi connectivity index (χ1n) is 6.62. The number of nitrogens with zero attached hydrogens (tertiary/aromatic N) is 1. The van der Waals surface area contributed by atoms with E-state index in [0.29, 0.717) is 24.1 Å². The molecular formula is C14H18F2N2. The average Bonchev–Trinajstić information content (AvgIpc) is 2.73. The highest BCUT2D eigenvalue weighted by molar-refractivity contribution is 5.18. The summed E-state index contributed by atoms with van der Waals surface area (Å²) in [6, 6.07) is 4.28. The van der Waals surface area contributed by atoms with E-state index >= 15 is 0 Å².